The highest BCUT2D eigenvalue weighted by Crippen LogP contribution is 2.42. The zero-order chi connectivity index (χ0) is 22.8. The highest BCUT2D eigenvalue weighted by molar-refractivity contribution is 7.80. The van der Waals surface area contributed by atoms with Crippen molar-refractivity contribution in [1.82, 2.24) is 20.5 Å². The van der Waals surface area contributed by atoms with E-state index < -0.39 is 0 Å². The third-order valence-corrected chi connectivity index (χ3v) is 7.74. The van der Waals surface area contributed by atoms with E-state index in [1.807, 2.05) is 18.3 Å². The SMILES string of the molecule is C=C[C@H]1CN2CC[C@H]1C[C@@H]2[C@H](NC(=S)N[C@H](C)C(C)C)c1ccnc2ccc(OC)cc12. The molecule has 6 atom stereocenters. The van der Waals surface area contributed by atoms with Crippen LogP contribution in [0.2, 0.25) is 0 Å². The van der Waals surface area contributed by atoms with Crippen LogP contribution < -0.4 is 15.4 Å². The van der Waals surface area contributed by atoms with Gasteiger partial charge in [0.2, 0.25) is 0 Å². The van der Waals surface area contributed by atoms with Gasteiger partial charge in [0.1, 0.15) is 5.75 Å². The Labute approximate surface area is 197 Å². The van der Waals surface area contributed by atoms with E-state index in [1.54, 1.807) is 7.11 Å². The minimum atomic E-state index is 0.0699. The first kappa shape index (κ1) is 23.0. The monoisotopic (exact) mass is 452 g/mol. The molecular formula is C26H36N4OS. The summed E-state index contributed by atoms with van der Waals surface area (Å²) in [7, 11) is 1.71. The molecule has 2 aromatic rings. The lowest BCUT2D eigenvalue weighted by Gasteiger charge is -2.52. The van der Waals surface area contributed by atoms with Gasteiger partial charge in [0.15, 0.2) is 5.11 Å². The summed E-state index contributed by atoms with van der Waals surface area (Å²) in [5, 5.41) is 9.05. The number of aromatic nitrogens is 1. The van der Waals surface area contributed by atoms with Crippen molar-refractivity contribution in [2.45, 2.75) is 51.7 Å². The zero-order valence-corrected chi connectivity index (χ0v) is 20.5. The minimum absolute atomic E-state index is 0.0699. The van der Waals surface area contributed by atoms with Crippen molar-refractivity contribution in [1.29, 1.82) is 0 Å². The highest BCUT2D eigenvalue weighted by Gasteiger charge is 2.43. The Bertz CT molecular complexity index is 977. The van der Waals surface area contributed by atoms with Crippen LogP contribution >= 0.6 is 12.2 Å². The second-order valence-corrected chi connectivity index (χ2v) is 10.1. The van der Waals surface area contributed by atoms with Crippen molar-refractivity contribution in [2.24, 2.45) is 17.8 Å². The van der Waals surface area contributed by atoms with Gasteiger partial charge in [0.25, 0.3) is 0 Å². The van der Waals surface area contributed by atoms with Crippen molar-refractivity contribution < 1.29 is 4.74 Å². The number of pyridine rings is 1. The Morgan fingerprint density at radius 2 is 2.09 bits per heavy atom. The van der Waals surface area contributed by atoms with E-state index in [2.05, 4.69) is 66.1 Å². The van der Waals surface area contributed by atoms with E-state index in [-0.39, 0.29) is 6.04 Å². The summed E-state index contributed by atoms with van der Waals surface area (Å²) in [6.45, 7) is 12.9. The molecule has 3 aliphatic rings. The average Bonchev–Trinajstić information content (AvgIpc) is 2.81. The quantitative estimate of drug-likeness (QED) is 0.470. The van der Waals surface area contributed by atoms with E-state index in [0.717, 1.165) is 36.2 Å². The molecule has 0 saturated carbocycles. The van der Waals surface area contributed by atoms with Gasteiger partial charge in [0, 0.05) is 30.2 Å². The fourth-order valence-corrected chi connectivity index (χ4v) is 5.52. The van der Waals surface area contributed by atoms with Gasteiger partial charge >= 0.3 is 0 Å². The zero-order valence-electron chi connectivity index (χ0n) is 19.7. The molecule has 0 amide bonds. The molecule has 172 valence electrons. The van der Waals surface area contributed by atoms with Crippen LogP contribution in [0, 0.1) is 17.8 Å². The van der Waals surface area contributed by atoms with Crippen LogP contribution in [0.15, 0.2) is 43.1 Å². The first-order valence-electron chi connectivity index (χ1n) is 11.8. The number of hydrogen-bond acceptors (Lipinski definition) is 4. The van der Waals surface area contributed by atoms with Crippen LogP contribution in [0.5, 0.6) is 5.75 Å². The topological polar surface area (TPSA) is 49.4 Å². The number of fused-ring (bicyclic) bond motifs is 4. The van der Waals surface area contributed by atoms with Gasteiger partial charge in [-0.25, -0.2) is 0 Å². The van der Waals surface area contributed by atoms with Crippen molar-refractivity contribution in [3.63, 3.8) is 0 Å². The highest BCUT2D eigenvalue weighted by atomic mass is 32.1. The Morgan fingerprint density at radius 3 is 2.75 bits per heavy atom. The number of rotatable bonds is 7. The molecular weight excluding hydrogens is 416 g/mol. The molecule has 6 heteroatoms. The molecule has 4 heterocycles. The molecule has 3 saturated heterocycles. The van der Waals surface area contributed by atoms with Gasteiger partial charge < -0.3 is 15.4 Å². The van der Waals surface area contributed by atoms with Gasteiger partial charge in [-0.2, -0.15) is 0 Å². The largest absolute Gasteiger partial charge is 0.497 e. The molecule has 2 N–H and O–H groups in total. The number of benzene rings is 1. The second kappa shape index (κ2) is 9.75. The van der Waals surface area contributed by atoms with Crippen LogP contribution in [0.1, 0.15) is 45.2 Å². The minimum Gasteiger partial charge on any atom is -0.497 e. The smallest absolute Gasteiger partial charge is 0.167 e. The molecule has 0 aliphatic carbocycles. The molecule has 5 rings (SSSR count). The number of ether oxygens (including phenoxy) is 1. The first-order chi connectivity index (χ1) is 15.4. The third kappa shape index (κ3) is 4.62. The molecule has 3 fully saturated rings. The Balaban J connectivity index is 1.71. The third-order valence-electron chi connectivity index (χ3n) is 7.50. The normalized spacial score (nSPS) is 26.5. The van der Waals surface area contributed by atoms with Gasteiger partial charge in [-0.15, -0.1) is 6.58 Å². The summed E-state index contributed by atoms with van der Waals surface area (Å²) < 4.78 is 5.53. The summed E-state index contributed by atoms with van der Waals surface area (Å²) in [6, 6.07) is 8.99. The molecule has 2 bridgehead atoms. The summed E-state index contributed by atoms with van der Waals surface area (Å²) in [4.78, 5) is 7.24. The fourth-order valence-electron chi connectivity index (χ4n) is 5.21. The Kier molecular flexibility index (Phi) is 7.01. The van der Waals surface area contributed by atoms with Crippen LogP contribution in [-0.4, -0.2) is 47.3 Å². The van der Waals surface area contributed by atoms with Crippen molar-refractivity contribution in [3.8, 4) is 5.75 Å². The molecule has 1 aromatic heterocycles. The lowest BCUT2D eigenvalue weighted by Crippen LogP contribution is -2.58. The van der Waals surface area contributed by atoms with Crippen molar-refractivity contribution >= 4 is 28.2 Å². The van der Waals surface area contributed by atoms with Crippen LogP contribution in [0.25, 0.3) is 10.9 Å². The summed E-state index contributed by atoms with van der Waals surface area (Å²) in [6.07, 6.45) is 6.45. The maximum absolute atomic E-state index is 5.80. The van der Waals surface area contributed by atoms with Crippen LogP contribution in [-0.2, 0) is 0 Å². The van der Waals surface area contributed by atoms with E-state index in [0.29, 0.717) is 34.9 Å². The number of methoxy groups -OCH3 is 1. The van der Waals surface area contributed by atoms with Crippen LogP contribution in [0.3, 0.4) is 0 Å². The van der Waals surface area contributed by atoms with E-state index in [1.165, 1.54) is 12.0 Å². The maximum atomic E-state index is 5.80. The summed E-state index contributed by atoms with van der Waals surface area (Å²) >= 11 is 5.80. The maximum Gasteiger partial charge on any atom is 0.167 e. The van der Waals surface area contributed by atoms with Gasteiger partial charge in [-0.05, 0) is 86.1 Å². The summed E-state index contributed by atoms with van der Waals surface area (Å²) in [5.74, 6) is 2.62. The number of thiocarbonyl (C=S) groups is 1. The van der Waals surface area contributed by atoms with E-state index >= 15 is 0 Å². The fraction of sp³-hybridized carbons (Fsp3) is 0.538. The van der Waals surface area contributed by atoms with Gasteiger partial charge in [-0.3, -0.25) is 9.88 Å². The summed E-state index contributed by atoms with van der Waals surface area (Å²) in [5.41, 5.74) is 2.20. The second-order valence-electron chi connectivity index (χ2n) is 9.66. The molecule has 0 spiro atoms. The van der Waals surface area contributed by atoms with E-state index in [4.69, 9.17) is 17.0 Å². The molecule has 3 aliphatic heterocycles. The number of nitrogens with zero attached hydrogens (tertiary/aromatic N) is 2. The standard InChI is InChI=1S/C26H36N4OS/c1-6-18-15-30-12-10-19(18)13-24(30)25(29-26(32)28-17(4)16(2)3)21-9-11-27-23-8-7-20(31-5)14-22(21)23/h6-9,11,14,16-19,24-25H,1,10,12-13,15H2,2-5H3,(H2,28,29,32)/t17-,18+,19+,24-,25-/m1/s1. The van der Waals surface area contributed by atoms with Gasteiger partial charge in [0.05, 0.1) is 18.7 Å². The number of piperidine rings is 3. The predicted molar refractivity (Wildman–Crippen MR) is 136 cm³/mol. The molecule has 1 unspecified atom stereocenters. The van der Waals surface area contributed by atoms with Gasteiger partial charge in [-0.1, -0.05) is 19.9 Å². The first-order valence-corrected chi connectivity index (χ1v) is 12.2. The Morgan fingerprint density at radius 1 is 1.28 bits per heavy atom. The Hall–Kier alpha value is -2.18. The average molecular weight is 453 g/mol. The molecule has 1 aromatic carbocycles. The van der Waals surface area contributed by atoms with Crippen LogP contribution in [0.4, 0.5) is 0 Å². The lowest BCUT2D eigenvalue weighted by molar-refractivity contribution is 0.00426. The predicted octanol–water partition coefficient (Wildman–Crippen LogP) is 4.69. The van der Waals surface area contributed by atoms with E-state index in [9.17, 15) is 0 Å². The molecule has 32 heavy (non-hydrogen) atoms. The molecule has 5 nitrogen and oxygen atoms in total. The number of nitrogens with one attached hydrogen (secondary N) is 2. The lowest BCUT2D eigenvalue weighted by atomic mass is 9.73. The molecule has 0 radical (unpaired) electrons. The number of hydrogen-bond donors (Lipinski definition) is 2. The van der Waals surface area contributed by atoms with Crippen molar-refractivity contribution in [2.75, 3.05) is 20.2 Å². The van der Waals surface area contributed by atoms with Crippen molar-refractivity contribution in [3.05, 3.63) is 48.7 Å².